The number of carbonyl (C=O) groups excluding carboxylic acids is 2. The molecule has 0 aromatic carbocycles. The van der Waals surface area contributed by atoms with Crippen molar-refractivity contribution in [2.24, 2.45) is 0 Å². The summed E-state index contributed by atoms with van der Waals surface area (Å²) in [6.45, 7) is 4.83. The highest BCUT2D eigenvalue weighted by atomic mass is 16.5. The monoisotopic (exact) mass is 269 g/mol. The van der Waals surface area contributed by atoms with E-state index < -0.39 is 6.04 Å². The fraction of sp³-hybridized carbons (Fsp3) is 0.846. The smallest absolute Gasteiger partial charge is 0.245 e. The molecule has 108 valence electrons. The second-order valence-corrected chi connectivity index (χ2v) is 5.06. The summed E-state index contributed by atoms with van der Waals surface area (Å²) >= 11 is 0. The molecule has 2 atom stereocenters. The number of carbonyl (C=O) groups is 2. The Morgan fingerprint density at radius 1 is 1.47 bits per heavy atom. The van der Waals surface area contributed by atoms with E-state index in [0.717, 1.165) is 25.8 Å². The highest BCUT2D eigenvalue weighted by Gasteiger charge is 2.36. The van der Waals surface area contributed by atoms with Crippen LogP contribution in [-0.4, -0.2) is 61.6 Å². The topological polar surface area (TPSA) is 70.7 Å². The summed E-state index contributed by atoms with van der Waals surface area (Å²) in [6, 6.07) is -0.602. The van der Waals surface area contributed by atoms with Gasteiger partial charge >= 0.3 is 0 Å². The molecule has 0 bridgehead atoms. The van der Waals surface area contributed by atoms with Crippen molar-refractivity contribution in [1.29, 1.82) is 0 Å². The molecule has 0 spiro atoms. The molecular weight excluding hydrogens is 246 g/mol. The van der Waals surface area contributed by atoms with Gasteiger partial charge in [0.15, 0.2) is 0 Å². The number of nitrogens with one attached hydrogen (secondary N) is 2. The summed E-state index contributed by atoms with van der Waals surface area (Å²) in [7, 11) is 0. The Labute approximate surface area is 113 Å². The molecule has 0 aliphatic carbocycles. The van der Waals surface area contributed by atoms with Crippen LogP contribution in [0.3, 0.4) is 0 Å². The van der Waals surface area contributed by atoms with Gasteiger partial charge in [-0.3, -0.25) is 9.59 Å². The largest absolute Gasteiger partial charge is 0.377 e. The third-order valence-electron chi connectivity index (χ3n) is 3.62. The lowest BCUT2D eigenvalue weighted by Crippen LogP contribution is -2.59. The van der Waals surface area contributed by atoms with Gasteiger partial charge in [0.05, 0.1) is 19.3 Å². The number of hydrogen-bond acceptors (Lipinski definition) is 4. The molecule has 2 aliphatic heterocycles. The normalized spacial score (nSPS) is 27.3. The third kappa shape index (κ3) is 3.45. The van der Waals surface area contributed by atoms with Crippen LogP contribution in [0.2, 0.25) is 0 Å². The van der Waals surface area contributed by atoms with Gasteiger partial charge < -0.3 is 20.3 Å². The van der Waals surface area contributed by atoms with Gasteiger partial charge in [0.25, 0.3) is 0 Å². The molecule has 2 heterocycles. The van der Waals surface area contributed by atoms with Gasteiger partial charge in [-0.25, -0.2) is 0 Å². The number of hydrogen-bond donors (Lipinski definition) is 2. The summed E-state index contributed by atoms with van der Waals surface area (Å²) in [5.74, 6) is -0.0645. The predicted octanol–water partition coefficient (Wildman–Crippen LogP) is -0.508. The molecule has 6 heteroatoms. The van der Waals surface area contributed by atoms with Gasteiger partial charge in [-0.2, -0.15) is 0 Å². The maximum absolute atomic E-state index is 12.4. The van der Waals surface area contributed by atoms with E-state index in [2.05, 4.69) is 10.6 Å². The Balaban J connectivity index is 1.98. The molecule has 2 fully saturated rings. The Morgan fingerprint density at radius 2 is 2.32 bits per heavy atom. The van der Waals surface area contributed by atoms with Crippen LogP contribution in [0.1, 0.15) is 26.2 Å². The van der Waals surface area contributed by atoms with E-state index in [-0.39, 0.29) is 17.9 Å². The fourth-order valence-electron chi connectivity index (χ4n) is 2.55. The van der Waals surface area contributed by atoms with Crippen molar-refractivity contribution in [3.63, 3.8) is 0 Å². The standard InChI is InChI=1S/C13H23N3O3/c1-2-5-15-12(17)11-9-19-8-7-16(11)13(18)10-4-3-6-14-10/h10-11,14H,2-9H2,1H3,(H,15,17)/t10-,11?/m0/s1. The quantitative estimate of drug-likeness (QED) is 0.721. The van der Waals surface area contributed by atoms with E-state index in [9.17, 15) is 9.59 Å². The molecule has 1 unspecified atom stereocenters. The van der Waals surface area contributed by atoms with Crippen LogP contribution in [0.25, 0.3) is 0 Å². The van der Waals surface area contributed by atoms with Crippen molar-refractivity contribution in [3.05, 3.63) is 0 Å². The van der Waals surface area contributed by atoms with Crippen molar-refractivity contribution in [2.75, 3.05) is 32.8 Å². The molecule has 2 aliphatic rings. The minimum absolute atomic E-state index is 0.0393. The number of nitrogens with zero attached hydrogens (tertiary/aromatic N) is 1. The van der Waals surface area contributed by atoms with E-state index in [0.29, 0.717) is 26.3 Å². The summed E-state index contributed by atoms with van der Waals surface area (Å²) in [6.07, 6.45) is 2.77. The second-order valence-electron chi connectivity index (χ2n) is 5.06. The van der Waals surface area contributed by atoms with E-state index in [1.165, 1.54) is 0 Å². The molecule has 0 radical (unpaired) electrons. The average molecular weight is 269 g/mol. The van der Waals surface area contributed by atoms with Crippen LogP contribution >= 0.6 is 0 Å². The zero-order chi connectivity index (χ0) is 13.7. The average Bonchev–Trinajstić information content (AvgIpc) is 2.98. The summed E-state index contributed by atoms with van der Waals surface area (Å²) in [5, 5.41) is 6.04. The molecule has 0 aromatic heterocycles. The summed E-state index contributed by atoms with van der Waals surface area (Å²) in [5.41, 5.74) is 0. The van der Waals surface area contributed by atoms with E-state index >= 15 is 0 Å². The zero-order valence-corrected chi connectivity index (χ0v) is 11.5. The lowest BCUT2D eigenvalue weighted by molar-refractivity contribution is -0.149. The molecular formula is C13H23N3O3. The number of ether oxygens (including phenoxy) is 1. The van der Waals surface area contributed by atoms with Crippen LogP contribution in [-0.2, 0) is 14.3 Å². The lowest BCUT2D eigenvalue weighted by atomic mass is 10.1. The molecule has 2 saturated heterocycles. The molecule has 2 N–H and O–H groups in total. The van der Waals surface area contributed by atoms with Gasteiger partial charge in [-0.15, -0.1) is 0 Å². The maximum Gasteiger partial charge on any atom is 0.245 e. The van der Waals surface area contributed by atoms with Crippen LogP contribution in [0, 0.1) is 0 Å². The molecule has 6 nitrogen and oxygen atoms in total. The maximum atomic E-state index is 12.4. The summed E-state index contributed by atoms with van der Waals surface area (Å²) < 4.78 is 5.35. The number of amides is 2. The first kappa shape index (κ1) is 14.3. The van der Waals surface area contributed by atoms with Gasteiger partial charge in [0.2, 0.25) is 11.8 Å². The highest BCUT2D eigenvalue weighted by molar-refractivity contribution is 5.90. The molecule has 0 aromatic rings. The zero-order valence-electron chi connectivity index (χ0n) is 11.5. The van der Waals surface area contributed by atoms with Crippen molar-refractivity contribution in [1.82, 2.24) is 15.5 Å². The Hall–Kier alpha value is -1.14. The van der Waals surface area contributed by atoms with Crippen LogP contribution in [0.4, 0.5) is 0 Å². The van der Waals surface area contributed by atoms with Crippen LogP contribution in [0.15, 0.2) is 0 Å². The SMILES string of the molecule is CCCNC(=O)C1COCCN1C(=O)[C@@H]1CCCN1. The summed E-state index contributed by atoms with van der Waals surface area (Å²) in [4.78, 5) is 26.2. The first-order valence-electron chi connectivity index (χ1n) is 7.13. The molecule has 2 rings (SSSR count). The van der Waals surface area contributed by atoms with Crippen molar-refractivity contribution in [3.8, 4) is 0 Å². The Kier molecular flexibility index (Phi) is 5.15. The highest BCUT2D eigenvalue weighted by Crippen LogP contribution is 2.14. The van der Waals surface area contributed by atoms with Crippen molar-refractivity contribution in [2.45, 2.75) is 38.3 Å². The van der Waals surface area contributed by atoms with Gasteiger partial charge in [-0.1, -0.05) is 6.92 Å². The third-order valence-corrected chi connectivity index (χ3v) is 3.62. The number of rotatable bonds is 4. The van der Waals surface area contributed by atoms with Gasteiger partial charge in [0, 0.05) is 13.1 Å². The minimum atomic E-state index is -0.477. The minimum Gasteiger partial charge on any atom is -0.377 e. The lowest BCUT2D eigenvalue weighted by Gasteiger charge is -2.36. The molecule has 0 saturated carbocycles. The van der Waals surface area contributed by atoms with Crippen molar-refractivity contribution >= 4 is 11.8 Å². The predicted molar refractivity (Wildman–Crippen MR) is 70.6 cm³/mol. The fourth-order valence-corrected chi connectivity index (χ4v) is 2.55. The van der Waals surface area contributed by atoms with E-state index in [4.69, 9.17) is 4.74 Å². The number of morpholine rings is 1. The van der Waals surface area contributed by atoms with Gasteiger partial charge in [-0.05, 0) is 25.8 Å². The van der Waals surface area contributed by atoms with E-state index in [1.54, 1.807) is 4.90 Å². The van der Waals surface area contributed by atoms with Gasteiger partial charge in [0.1, 0.15) is 6.04 Å². The van der Waals surface area contributed by atoms with Crippen LogP contribution < -0.4 is 10.6 Å². The molecule has 2 amide bonds. The Morgan fingerprint density at radius 3 is 3.00 bits per heavy atom. The van der Waals surface area contributed by atoms with E-state index in [1.807, 2.05) is 6.92 Å². The second kappa shape index (κ2) is 6.86. The first-order chi connectivity index (χ1) is 9.24. The van der Waals surface area contributed by atoms with Crippen molar-refractivity contribution < 1.29 is 14.3 Å². The first-order valence-corrected chi connectivity index (χ1v) is 7.13. The molecule has 19 heavy (non-hydrogen) atoms. The van der Waals surface area contributed by atoms with Crippen LogP contribution in [0.5, 0.6) is 0 Å². The Bertz CT molecular complexity index is 329.